The summed E-state index contributed by atoms with van der Waals surface area (Å²) >= 11 is 1.43. The van der Waals surface area contributed by atoms with E-state index >= 15 is 0 Å². The molecule has 0 spiro atoms. The third-order valence-corrected chi connectivity index (χ3v) is 6.12. The lowest BCUT2D eigenvalue weighted by Crippen LogP contribution is -2.26. The molecular formula is C21H25N5O3S. The topological polar surface area (TPSA) is 85.6 Å². The molecule has 0 aliphatic heterocycles. The molecule has 4 heterocycles. The molecule has 0 bridgehead atoms. The summed E-state index contributed by atoms with van der Waals surface area (Å²) in [5.74, 6) is 1.99. The summed E-state index contributed by atoms with van der Waals surface area (Å²) in [5, 5.41) is 10.6. The molecule has 0 aromatic carbocycles. The van der Waals surface area contributed by atoms with Crippen LogP contribution in [-0.2, 0) is 24.3 Å². The minimum atomic E-state index is -0.0168. The van der Waals surface area contributed by atoms with E-state index in [1.165, 1.54) is 11.3 Å². The first-order valence-corrected chi connectivity index (χ1v) is 11.1. The molecule has 4 rings (SSSR count). The third-order valence-electron chi connectivity index (χ3n) is 5.23. The Balaban J connectivity index is 1.59. The normalized spacial score (nSPS) is 11.5. The van der Waals surface area contributed by atoms with Crippen molar-refractivity contribution in [2.75, 3.05) is 7.05 Å². The van der Waals surface area contributed by atoms with Crippen LogP contribution in [0.5, 0.6) is 0 Å². The monoisotopic (exact) mass is 427 g/mol. The Kier molecular flexibility index (Phi) is 5.98. The van der Waals surface area contributed by atoms with Crippen molar-refractivity contribution in [1.29, 1.82) is 0 Å². The van der Waals surface area contributed by atoms with Crippen molar-refractivity contribution in [2.45, 2.75) is 52.1 Å². The van der Waals surface area contributed by atoms with Gasteiger partial charge in [0.1, 0.15) is 16.3 Å². The molecule has 9 heteroatoms. The van der Waals surface area contributed by atoms with E-state index in [-0.39, 0.29) is 11.5 Å². The highest BCUT2D eigenvalue weighted by Crippen LogP contribution is 2.21. The highest BCUT2D eigenvalue weighted by Gasteiger charge is 2.19. The zero-order valence-electron chi connectivity index (χ0n) is 17.2. The van der Waals surface area contributed by atoms with Crippen molar-refractivity contribution in [3.63, 3.8) is 0 Å². The molecule has 0 fully saturated rings. The van der Waals surface area contributed by atoms with Crippen molar-refractivity contribution in [1.82, 2.24) is 24.1 Å². The Bertz CT molecular complexity index is 1200. The minimum absolute atomic E-state index is 0.000907. The van der Waals surface area contributed by atoms with Crippen molar-refractivity contribution >= 4 is 33.2 Å². The third kappa shape index (κ3) is 3.89. The van der Waals surface area contributed by atoms with E-state index < -0.39 is 0 Å². The zero-order valence-corrected chi connectivity index (χ0v) is 18.0. The first-order chi connectivity index (χ1) is 14.6. The van der Waals surface area contributed by atoms with Crippen LogP contribution in [0, 0.1) is 0 Å². The Hall–Kier alpha value is -2.94. The lowest BCUT2D eigenvalue weighted by molar-refractivity contribution is -0.130. The van der Waals surface area contributed by atoms with Crippen molar-refractivity contribution in [2.24, 2.45) is 0 Å². The van der Waals surface area contributed by atoms with Crippen LogP contribution < -0.4 is 5.56 Å². The number of hydrogen-bond acceptors (Lipinski definition) is 6. The smallest absolute Gasteiger partial charge is 0.272 e. The first-order valence-electron chi connectivity index (χ1n) is 10.2. The second kappa shape index (κ2) is 8.83. The van der Waals surface area contributed by atoms with Gasteiger partial charge in [-0.15, -0.1) is 21.5 Å². The fourth-order valence-electron chi connectivity index (χ4n) is 3.60. The Morgan fingerprint density at radius 3 is 2.90 bits per heavy atom. The van der Waals surface area contributed by atoms with Crippen LogP contribution in [0.4, 0.5) is 0 Å². The zero-order chi connectivity index (χ0) is 21.1. The molecule has 0 N–H and O–H groups in total. The van der Waals surface area contributed by atoms with Crippen LogP contribution in [0.25, 0.3) is 16.0 Å². The van der Waals surface area contributed by atoms with Crippen LogP contribution in [0.15, 0.2) is 39.1 Å². The van der Waals surface area contributed by atoms with E-state index in [1.807, 2.05) is 28.0 Å². The summed E-state index contributed by atoms with van der Waals surface area (Å²) in [5.41, 5.74) is 0.792. The fraction of sp³-hybridized carbons (Fsp3) is 0.429. The van der Waals surface area contributed by atoms with Gasteiger partial charge in [-0.3, -0.25) is 18.6 Å². The number of amides is 1. The van der Waals surface area contributed by atoms with E-state index in [4.69, 9.17) is 4.42 Å². The van der Waals surface area contributed by atoms with Crippen LogP contribution in [-0.4, -0.2) is 37.0 Å². The number of aryl methyl sites for hydroxylation is 2. The number of rotatable bonds is 9. The number of carbonyl (C=O) groups is 1. The van der Waals surface area contributed by atoms with Crippen LogP contribution in [0.2, 0.25) is 0 Å². The number of hydrogen-bond donors (Lipinski definition) is 0. The van der Waals surface area contributed by atoms with Crippen molar-refractivity contribution in [3.05, 3.63) is 51.8 Å². The van der Waals surface area contributed by atoms with Crippen molar-refractivity contribution in [3.8, 4) is 0 Å². The maximum absolute atomic E-state index is 12.9. The molecule has 4 aromatic rings. The number of aromatic nitrogens is 4. The number of unbranched alkanes of at least 4 members (excludes halogenated alkanes) is 2. The molecule has 158 valence electrons. The molecule has 0 aliphatic rings. The predicted octanol–water partition coefficient (Wildman–Crippen LogP) is 3.48. The SMILES string of the molecule is CCCCCn1c(=O)c2sccc2n2c(CCC(=O)N(C)Cc3ccco3)nnc12. The summed E-state index contributed by atoms with van der Waals surface area (Å²) in [6, 6.07) is 5.57. The number of nitrogens with zero attached hydrogens (tertiary/aromatic N) is 5. The maximum Gasteiger partial charge on any atom is 0.272 e. The fourth-order valence-corrected chi connectivity index (χ4v) is 4.42. The molecule has 8 nitrogen and oxygen atoms in total. The lowest BCUT2D eigenvalue weighted by atomic mass is 10.2. The largest absolute Gasteiger partial charge is 0.467 e. The van der Waals surface area contributed by atoms with Crippen LogP contribution in [0.3, 0.4) is 0 Å². The van der Waals surface area contributed by atoms with Gasteiger partial charge in [-0.1, -0.05) is 19.8 Å². The van der Waals surface area contributed by atoms with E-state index in [9.17, 15) is 9.59 Å². The second-order valence-corrected chi connectivity index (χ2v) is 8.30. The standard InChI is InChI=1S/C21H25N5O3S/c1-3-4-5-11-25-20(28)19-16(10-13-30-19)26-17(22-23-21(25)26)8-9-18(27)24(2)14-15-7-6-12-29-15/h6-7,10,12-13H,3-5,8-9,11,14H2,1-2H3. The van der Waals surface area contributed by atoms with Crippen LogP contribution in [0.1, 0.15) is 44.2 Å². The van der Waals surface area contributed by atoms with E-state index in [2.05, 4.69) is 17.1 Å². The van der Waals surface area contributed by atoms with E-state index in [0.717, 1.165) is 30.5 Å². The number of thiophene rings is 1. The molecule has 0 atom stereocenters. The lowest BCUT2D eigenvalue weighted by Gasteiger charge is -2.15. The molecule has 0 saturated carbocycles. The Morgan fingerprint density at radius 2 is 2.13 bits per heavy atom. The molecule has 4 aromatic heterocycles. The van der Waals surface area contributed by atoms with Gasteiger partial charge in [-0.25, -0.2) is 0 Å². The first kappa shape index (κ1) is 20.3. The molecule has 0 aliphatic carbocycles. The summed E-state index contributed by atoms with van der Waals surface area (Å²) in [6.07, 6.45) is 5.40. The average Bonchev–Trinajstić information content (AvgIpc) is 3.49. The average molecular weight is 428 g/mol. The molecule has 0 saturated heterocycles. The number of fused-ring (bicyclic) bond motifs is 3. The molecular weight excluding hydrogens is 402 g/mol. The number of furan rings is 1. The molecule has 0 unspecified atom stereocenters. The van der Waals surface area contributed by atoms with Crippen molar-refractivity contribution < 1.29 is 9.21 Å². The van der Waals surface area contributed by atoms with Gasteiger partial charge in [0.25, 0.3) is 5.56 Å². The van der Waals surface area contributed by atoms with Crippen LogP contribution >= 0.6 is 11.3 Å². The quantitative estimate of drug-likeness (QED) is 0.382. The summed E-state index contributed by atoms with van der Waals surface area (Å²) in [6.45, 7) is 3.18. The van der Waals surface area contributed by atoms with Gasteiger partial charge in [0, 0.05) is 26.4 Å². The van der Waals surface area contributed by atoms with Gasteiger partial charge in [0.15, 0.2) is 0 Å². The van der Waals surface area contributed by atoms with E-state index in [1.54, 1.807) is 22.8 Å². The summed E-state index contributed by atoms with van der Waals surface area (Å²) in [7, 11) is 1.76. The predicted molar refractivity (Wildman–Crippen MR) is 116 cm³/mol. The highest BCUT2D eigenvalue weighted by molar-refractivity contribution is 7.17. The Morgan fingerprint density at radius 1 is 1.27 bits per heavy atom. The minimum Gasteiger partial charge on any atom is -0.467 e. The highest BCUT2D eigenvalue weighted by atomic mass is 32.1. The van der Waals surface area contributed by atoms with Gasteiger partial charge < -0.3 is 9.32 Å². The Labute approximate surface area is 177 Å². The van der Waals surface area contributed by atoms with Gasteiger partial charge in [0.2, 0.25) is 11.7 Å². The summed E-state index contributed by atoms with van der Waals surface area (Å²) < 4.78 is 9.66. The molecule has 30 heavy (non-hydrogen) atoms. The summed E-state index contributed by atoms with van der Waals surface area (Å²) in [4.78, 5) is 27.2. The molecule has 0 radical (unpaired) electrons. The van der Waals surface area contributed by atoms with Gasteiger partial charge in [0.05, 0.1) is 18.3 Å². The van der Waals surface area contributed by atoms with E-state index in [0.29, 0.717) is 42.2 Å². The number of carbonyl (C=O) groups excluding carboxylic acids is 1. The molecule has 1 amide bonds. The van der Waals surface area contributed by atoms with Gasteiger partial charge >= 0.3 is 0 Å². The van der Waals surface area contributed by atoms with Gasteiger partial charge in [-0.2, -0.15) is 0 Å². The second-order valence-electron chi connectivity index (χ2n) is 7.38. The van der Waals surface area contributed by atoms with Gasteiger partial charge in [-0.05, 0) is 30.0 Å². The maximum atomic E-state index is 12.9.